The summed E-state index contributed by atoms with van der Waals surface area (Å²) in [6, 6.07) is 7.30. The Hall–Kier alpha value is -2.96. The van der Waals surface area contributed by atoms with Crippen LogP contribution in [-0.4, -0.2) is 20.1 Å². The monoisotopic (exact) mass is 385 g/mol. The number of carbonyl (C=O) groups is 1. The fourth-order valence-corrected chi connectivity index (χ4v) is 3.15. The second-order valence-electron chi connectivity index (χ2n) is 7.38. The lowest BCUT2D eigenvalue weighted by molar-refractivity contribution is 0.0964. The van der Waals surface area contributed by atoms with Crippen molar-refractivity contribution in [3.63, 3.8) is 0 Å². The van der Waals surface area contributed by atoms with Crippen LogP contribution in [0.2, 0.25) is 0 Å². The van der Waals surface area contributed by atoms with Crippen LogP contribution >= 0.6 is 0 Å². The van der Waals surface area contributed by atoms with Gasteiger partial charge in [-0.15, -0.1) is 5.10 Å². The van der Waals surface area contributed by atoms with E-state index in [-0.39, 0.29) is 18.2 Å². The molecule has 28 heavy (non-hydrogen) atoms. The third-order valence-corrected chi connectivity index (χ3v) is 4.79. The van der Waals surface area contributed by atoms with Crippen molar-refractivity contribution < 1.29 is 13.6 Å². The van der Waals surface area contributed by atoms with E-state index in [1.807, 2.05) is 19.9 Å². The van der Waals surface area contributed by atoms with Gasteiger partial charge in [0.2, 0.25) is 5.89 Å². The van der Waals surface area contributed by atoms with E-state index in [0.717, 1.165) is 29.0 Å². The molecule has 0 atom stereocenters. The standard InChI is InChI=1S/C21H24FN3O3/c1-13(2)9-10-24-14(3)11-18(15(24)4)19(26)12-25-21(27)28-20(23-25)16-5-7-17(22)8-6-16/h5-8,11,13H,9-10,12H2,1-4H3. The second kappa shape index (κ2) is 7.96. The molecule has 0 aliphatic carbocycles. The first-order chi connectivity index (χ1) is 13.3. The minimum Gasteiger partial charge on any atom is -0.388 e. The molecule has 0 fully saturated rings. The number of Topliss-reactive ketones (excluding diaryl/α,β-unsaturated/α-hetero) is 1. The molecular formula is C21H24FN3O3. The van der Waals surface area contributed by atoms with Gasteiger partial charge in [-0.05, 0) is 56.5 Å². The smallest absolute Gasteiger partial charge is 0.388 e. The van der Waals surface area contributed by atoms with Crippen molar-refractivity contribution in [3.8, 4) is 11.5 Å². The highest BCUT2D eigenvalue weighted by Crippen LogP contribution is 2.19. The van der Waals surface area contributed by atoms with Gasteiger partial charge < -0.3 is 8.98 Å². The van der Waals surface area contributed by atoms with Crippen LogP contribution in [0.25, 0.3) is 11.5 Å². The number of hydrogen-bond donors (Lipinski definition) is 0. The lowest BCUT2D eigenvalue weighted by Crippen LogP contribution is -2.22. The quantitative estimate of drug-likeness (QED) is 0.577. The van der Waals surface area contributed by atoms with Gasteiger partial charge in [-0.1, -0.05) is 13.8 Å². The van der Waals surface area contributed by atoms with Crippen molar-refractivity contribution in [1.82, 2.24) is 14.3 Å². The lowest BCUT2D eigenvalue weighted by Gasteiger charge is -2.11. The normalized spacial score (nSPS) is 11.4. The number of hydrogen-bond acceptors (Lipinski definition) is 4. The van der Waals surface area contributed by atoms with E-state index in [1.54, 1.807) is 0 Å². The van der Waals surface area contributed by atoms with Crippen LogP contribution in [0.5, 0.6) is 0 Å². The van der Waals surface area contributed by atoms with Gasteiger partial charge in [0.15, 0.2) is 5.78 Å². The first-order valence-corrected chi connectivity index (χ1v) is 9.30. The third kappa shape index (κ3) is 4.13. The molecule has 2 aromatic heterocycles. The van der Waals surface area contributed by atoms with Crippen LogP contribution in [0.3, 0.4) is 0 Å². The van der Waals surface area contributed by atoms with Crippen LogP contribution in [0.15, 0.2) is 39.5 Å². The summed E-state index contributed by atoms with van der Waals surface area (Å²) in [6.07, 6.45) is 1.02. The average molecular weight is 385 g/mol. The predicted octanol–water partition coefficient (Wildman–Crippen LogP) is 3.99. The molecule has 148 valence electrons. The minimum absolute atomic E-state index is 0.0557. The molecule has 1 aromatic carbocycles. The van der Waals surface area contributed by atoms with Gasteiger partial charge in [-0.2, -0.15) is 4.68 Å². The summed E-state index contributed by atoms with van der Waals surface area (Å²) in [5.74, 6) is -0.695. The first-order valence-electron chi connectivity index (χ1n) is 9.30. The molecule has 0 saturated heterocycles. The molecule has 0 amide bonds. The molecule has 2 heterocycles. The van der Waals surface area contributed by atoms with Crippen LogP contribution in [0.1, 0.15) is 42.0 Å². The molecule has 3 aromatic rings. The molecule has 0 unspecified atom stereocenters. The zero-order valence-electron chi connectivity index (χ0n) is 16.5. The van der Waals surface area contributed by atoms with E-state index in [0.29, 0.717) is 17.0 Å². The SMILES string of the molecule is Cc1cc(C(=O)Cn2nc(-c3ccc(F)cc3)oc2=O)c(C)n1CCC(C)C. The Kier molecular flexibility index (Phi) is 5.63. The maximum atomic E-state index is 13.1. The Morgan fingerprint density at radius 1 is 1.21 bits per heavy atom. The van der Waals surface area contributed by atoms with E-state index in [9.17, 15) is 14.0 Å². The predicted molar refractivity (Wildman–Crippen MR) is 104 cm³/mol. The summed E-state index contributed by atoms with van der Waals surface area (Å²) in [6.45, 7) is 8.85. The van der Waals surface area contributed by atoms with Crippen molar-refractivity contribution in [3.05, 3.63) is 63.7 Å². The Bertz CT molecular complexity index is 1040. The number of benzene rings is 1. The fraction of sp³-hybridized carbons (Fsp3) is 0.381. The van der Waals surface area contributed by atoms with Gasteiger partial charge >= 0.3 is 5.76 Å². The zero-order valence-corrected chi connectivity index (χ0v) is 16.5. The molecule has 0 radical (unpaired) electrons. The number of halogens is 1. The van der Waals surface area contributed by atoms with Crippen molar-refractivity contribution >= 4 is 5.78 Å². The maximum absolute atomic E-state index is 13.1. The Labute approximate surface area is 162 Å². The number of carbonyl (C=O) groups excluding carboxylic acids is 1. The number of aryl methyl sites for hydroxylation is 1. The highest BCUT2D eigenvalue weighted by molar-refractivity contribution is 5.97. The molecule has 0 aliphatic rings. The van der Waals surface area contributed by atoms with Gasteiger partial charge in [-0.25, -0.2) is 9.18 Å². The molecule has 0 aliphatic heterocycles. The van der Waals surface area contributed by atoms with E-state index in [4.69, 9.17) is 4.42 Å². The topological polar surface area (TPSA) is 70.0 Å². The van der Waals surface area contributed by atoms with Crippen LogP contribution in [-0.2, 0) is 13.1 Å². The summed E-state index contributed by atoms with van der Waals surface area (Å²) in [5.41, 5.74) is 2.95. The Balaban J connectivity index is 1.81. The van der Waals surface area contributed by atoms with Crippen molar-refractivity contribution in [1.29, 1.82) is 0 Å². The lowest BCUT2D eigenvalue weighted by atomic mass is 10.1. The summed E-state index contributed by atoms with van der Waals surface area (Å²) >= 11 is 0. The van der Waals surface area contributed by atoms with Gasteiger partial charge in [-0.3, -0.25) is 4.79 Å². The summed E-state index contributed by atoms with van der Waals surface area (Å²) in [7, 11) is 0. The van der Waals surface area contributed by atoms with E-state index < -0.39 is 11.6 Å². The van der Waals surface area contributed by atoms with Crippen LogP contribution in [0, 0.1) is 25.6 Å². The second-order valence-corrected chi connectivity index (χ2v) is 7.38. The van der Waals surface area contributed by atoms with Gasteiger partial charge in [0.1, 0.15) is 12.4 Å². The van der Waals surface area contributed by atoms with Crippen molar-refractivity contribution in [2.45, 2.75) is 47.2 Å². The first kappa shape index (κ1) is 19.8. The molecule has 7 heteroatoms. The van der Waals surface area contributed by atoms with Crippen molar-refractivity contribution in [2.75, 3.05) is 0 Å². The third-order valence-electron chi connectivity index (χ3n) is 4.79. The fourth-order valence-electron chi connectivity index (χ4n) is 3.15. The van der Waals surface area contributed by atoms with E-state index in [2.05, 4.69) is 23.5 Å². The molecular weight excluding hydrogens is 361 g/mol. The molecule has 0 spiro atoms. The largest absolute Gasteiger partial charge is 0.437 e. The number of rotatable bonds is 7. The molecule has 6 nitrogen and oxygen atoms in total. The molecule has 0 saturated carbocycles. The zero-order chi connectivity index (χ0) is 20.4. The van der Waals surface area contributed by atoms with Gasteiger partial charge in [0.05, 0.1) is 0 Å². The van der Waals surface area contributed by atoms with Gasteiger partial charge in [0.25, 0.3) is 0 Å². The van der Waals surface area contributed by atoms with Gasteiger partial charge in [0, 0.05) is 29.1 Å². The summed E-state index contributed by atoms with van der Waals surface area (Å²) in [5, 5.41) is 4.08. The summed E-state index contributed by atoms with van der Waals surface area (Å²) < 4.78 is 21.3. The number of ketones is 1. The van der Waals surface area contributed by atoms with Crippen LogP contribution in [0.4, 0.5) is 4.39 Å². The average Bonchev–Trinajstić information content (AvgIpc) is 3.13. The van der Waals surface area contributed by atoms with Crippen molar-refractivity contribution in [2.24, 2.45) is 5.92 Å². The molecule has 0 N–H and O–H groups in total. The van der Waals surface area contributed by atoms with Crippen LogP contribution < -0.4 is 5.76 Å². The summed E-state index contributed by atoms with van der Waals surface area (Å²) in [4.78, 5) is 24.9. The number of nitrogens with zero attached hydrogens (tertiary/aromatic N) is 3. The minimum atomic E-state index is -0.721. The van der Waals surface area contributed by atoms with E-state index in [1.165, 1.54) is 24.3 Å². The Morgan fingerprint density at radius 2 is 1.89 bits per heavy atom. The maximum Gasteiger partial charge on any atom is 0.437 e. The molecule has 0 bridgehead atoms. The highest BCUT2D eigenvalue weighted by atomic mass is 19.1. The Morgan fingerprint density at radius 3 is 2.54 bits per heavy atom. The highest BCUT2D eigenvalue weighted by Gasteiger charge is 2.19. The number of aromatic nitrogens is 3. The van der Waals surface area contributed by atoms with E-state index >= 15 is 0 Å². The molecule has 3 rings (SSSR count).